The minimum absolute atomic E-state index is 0.000560. The fourth-order valence-electron chi connectivity index (χ4n) is 7.14. The molecule has 0 saturated carbocycles. The second kappa shape index (κ2) is 29.3. The number of rotatable bonds is 27. The zero-order valence-electron chi connectivity index (χ0n) is 42.9. The van der Waals surface area contributed by atoms with Gasteiger partial charge in [0.05, 0.1) is 5.56 Å². The fraction of sp³-hybridized carbons (Fsp3) is 0.500. The Kier molecular flexibility index (Phi) is 23.4. The summed E-state index contributed by atoms with van der Waals surface area (Å²) in [6.45, 7) is 14.0. The predicted molar refractivity (Wildman–Crippen MR) is 260 cm³/mol. The van der Waals surface area contributed by atoms with Gasteiger partial charge in [-0.15, -0.1) is 0 Å². The van der Waals surface area contributed by atoms with E-state index in [0.29, 0.717) is 51.4 Å². The van der Waals surface area contributed by atoms with Crippen LogP contribution in [0.25, 0.3) is 0 Å². The van der Waals surface area contributed by atoms with E-state index in [2.05, 4.69) is 0 Å². The van der Waals surface area contributed by atoms with Crippen molar-refractivity contribution in [3.8, 4) is 51.7 Å². The highest BCUT2D eigenvalue weighted by atomic mass is 16.6. The van der Waals surface area contributed by atoms with E-state index >= 15 is 0 Å². The molecule has 2 atom stereocenters. The molecule has 4 rings (SSSR count). The number of benzene rings is 3. The van der Waals surface area contributed by atoms with E-state index in [4.69, 9.17) is 47.4 Å². The van der Waals surface area contributed by atoms with Gasteiger partial charge in [-0.1, -0.05) is 55.4 Å². The van der Waals surface area contributed by atoms with Gasteiger partial charge in [-0.2, -0.15) is 0 Å². The largest absolute Gasteiger partial charge is 0.481 e. The summed E-state index contributed by atoms with van der Waals surface area (Å²) >= 11 is 0. The molecule has 0 aromatic heterocycles. The molecular formula is C54H66O19. The first kappa shape index (κ1) is 58.3. The quantitative estimate of drug-likeness (QED) is 0.0509. The van der Waals surface area contributed by atoms with Crippen LogP contribution < -0.4 is 42.6 Å². The Morgan fingerprint density at radius 2 is 0.740 bits per heavy atom. The van der Waals surface area contributed by atoms with Crippen molar-refractivity contribution in [2.45, 2.75) is 177 Å². The Morgan fingerprint density at radius 3 is 1.11 bits per heavy atom. The molecule has 0 radical (unpaired) electrons. The van der Waals surface area contributed by atoms with E-state index in [1.165, 1.54) is 24.3 Å². The third kappa shape index (κ3) is 17.5. The summed E-state index contributed by atoms with van der Waals surface area (Å²) in [4.78, 5) is 119. The molecule has 73 heavy (non-hydrogen) atoms. The van der Waals surface area contributed by atoms with Gasteiger partial charge in [0, 0.05) is 81.0 Å². The van der Waals surface area contributed by atoms with E-state index in [9.17, 15) is 43.2 Å². The number of fused-ring (bicyclic) bond motifs is 1. The van der Waals surface area contributed by atoms with Gasteiger partial charge in [0.2, 0.25) is 11.5 Å². The molecule has 0 saturated heterocycles. The molecule has 0 aliphatic carbocycles. The molecule has 0 unspecified atom stereocenters. The van der Waals surface area contributed by atoms with Crippen molar-refractivity contribution in [2.24, 2.45) is 0 Å². The first-order valence-corrected chi connectivity index (χ1v) is 25.1. The zero-order valence-corrected chi connectivity index (χ0v) is 42.9. The summed E-state index contributed by atoms with van der Waals surface area (Å²) in [6.07, 6.45) is -0.382. The highest BCUT2D eigenvalue weighted by Crippen LogP contribution is 2.48. The second-order valence-corrected chi connectivity index (χ2v) is 17.0. The van der Waals surface area contributed by atoms with Gasteiger partial charge in [0.15, 0.2) is 29.1 Å². The van der Waals surface area contributed by atoms with Crippen LogP contribution in [-0.4, -0.2) is 59.8 Å². The van der Waals surface area contributed by atoms with E-state index < -0.39 is 83.2 Å². The predicted octanol–water partition coefficient (Wildman–Crippen LogP) is 10.2. The van der Waals surface area contributed by atoms with Crippen molar-refractivity contribution in [2.75, 3.05) is 0 Å². The van der Waals surface area contributed by atoms with Crippen LogP contribution in [0.15, 0.2) is 36.4 Å². The maximum atomic E-state index is 14.8. The minimum atomic E-state index is -1.46. The number of carbonyl (C=O) groups excluding carboxylic acids is 9. The zero-order chi connectivity index (χ0) is 53.6. The molecule has 0 spiro atoms. The Bertz CT molecular complexity index is 2410. The van der Waals surface area contributed by atoms with Gasteiger partial charge in [-0.3, -0.25) is 38.4 Å². The lowest BCUT2D eigenvalue weighted by molar-refractivity contribution is -0.138. The third-order valence-electron chi connectivity index (χ3n) is 10.4. The molecule has 1 aliphatic rings. The third-order valence-corrected chi connectivity index (χ3v) is 10.4. The molecule has 0 bridgehead atoms. The van der Waals surface area contributed by atoms with Crippen LogP contribution in [0.3, 0.4) is 0 Å². The lowest BCUT2D eigenvalue weighted by atomic mass is 9.93. The number of hydrogen-bond donors (Lipinski definition) is 0. The number of hydrogen-bond acceptors (Lipinski definition) is 19. The van der Waals surface area contributed by atoms with Crippen molar-refractivity contribution in [3.63, 3.8) is 0 Å². The lowest BCUT2D eigenvalue weighted by Gasteiger charge is -2.35. The van der Waals surface area contributed by atoms with Crippen LogP contribution in [0.1, 0.15) is 186 Å². The molecule has 1 heterocycles. The van der Waals surface area contributed by atoms with Crippen LogP contribution in [-0.2, 0) is 49.5 Å². The van der Waals surface area contributed by atoms with E-state index in [1.807, 2.05) is 0 Å². The molecule has 0 fully saturated rings. The van der Waals surface area contributed by atoms with Crippen molar-refractivity contribution in [1.82, 2.24) is 0 Å². The van der Waals surface area contributed by atoms with Gasteiger partial charge in [0.1, 0.15) is 23.4 Å². The molecular weight excluding hydrogens is 953 g/mol. The number of ether oxygens (including phenoxy) is 10. The summed E-state index contributed by atoms with van der Waals surface area (Å²) in [5.74, 6) is -9.34. The van der Waals surface area contributed by atoms with Gasteiger partial charge in [-0.25, -0.2) is 4.79 Å². The molecule has 0 amide bonds. The molecule has 3 aromatic carbocycles. The molecule has 1 aliphatic heterocycles. The van der Waals surface area contributed by atoms with Crippen LogP contribution in [0.4, 0.5) is 0 Å². The van der Waals surface area contributed by atoms with E-state index in [0.717, 1.165) is 12.1 Å². The summed E-state index contributed by atoms with van der Waals surface area (Å²) in [6, 6.07) is 7.45. The van der Waals surface area contributed by atoms with Crippen LogP contribution in [0.5, 0.6) is 51.7 Å². The minimum Gasteiger partial charge on any atom is -0.481 e. The van der Waals surface area contributed by atoms with Crippen LogP contribution in [0.2, 0.25) is 0 Å². The Labute approximate surface area is 424 Å². The maximum absolute atomic E-state index is 14.8. The van der Waals surface area contributed by atoms with Gasteiger partial charge < -0.3 is 47.4 Å². The molecule has 396 valence electrons. The van der Waals surface area contributed by atoms with E-state index in [-0.39, 0.29) is 109 Å². The average molecular weight is 1020 g/mol. The number of esters is 9. The number of carbonyl (C=O) groups is 9. The van der Waals surface area contributed by atoms with Gasteiger partial charge >= 0.3 is 53.7 Å². The highest BCUT2D eigenvalue weighted by Gasteiger charge is 2.40. The molecule has 3 aromatic rings. The fourth-order valence-corrected chi connectivity index (χ4v) is 7.14. The SMILES string of the molecule is CCCC(=O)Oc1cc(OC(=O)CCC)c2c(c1)O[C@H](c1cc(OC(=O)CCC)c(OC(=O)CCC)c(OC(=O)CCC)c1)[C@H](OC(=O)c1cc(OC(=O)CCC)c(OC(=O)CCC)c(OC(=O)CCC)c1)C2. The van der Waals surface area contributed by atoms with Crippen LogP contribution in [0, 0.1) is 0 Å². The summed E-state index contributed by atoms with van der Waals surface area (Å²) in [7, 11) is 0. The Balaban J connectivity index is 2.05. The second-order valence-electron chi connectivity index (χ2n) is 17.0. The first-order valence-electron chi connectivity index (χ1n) is 25.1. The van der Waals surface area contributed by atoms with Crippen molar-refractivity contribution in [1.29, 1.82) is 0 Å². The lowest BCUT2D eigenvalue weighted by Crippen LogP contribution is -2.35. The Hall–Kier alpha value is -7.31. The standard InChI is InChI=1S/C54H66O19/c1-9-17-43(55)64-34-29-36(65-44(56)18-10-2)35-31-42(71-54(63)33-27-40(68-47(59)21-13-5)53(73-50(62)24-16-8)41(28-33)69-48(60)22-14-6)51(70-37(35)30-34)32-25-38(66-45(57)19-11-3)52(72-49(61)23-15-7)39(26-32)67-46(58)20-12-4/h25-30,42,51H,9-24,31H2,1-8H3/t42-,51-/m1/s1. The first-order chi connectivity index (χ1) is 35.0. The monoisotopic (exact) mass is 1020 g/mol. The summed E-state index contributed by atoms with van der Waals surface area (Å²) < 4.78 is 58.5. The van der Waals surface area contributed by atoms with Crippen LogP contribution >= 0.6 is 0 Å². The van der Waals surface area contributed by atoms with Crippen molar-refractivity contribution >= 4 is 53.7 Å². The van der Waals surface area contributed by atoms with Crippen molar-refractivity contribution in [3.05, 3.63) is 53.1 Å². The van der Waals surface area contributed by atoms with Gasteiger partial charge in [0.25, 0.3) is 0 Å². The molecule has 0 N–H and O–H groups in total. The van der Waals surface area contributed by atoms with Crippen molar-refractivity contribution < 1.29 is 90.5 Å². The summed E-state index contributed by atoms with van der Waals surface area (Å²) in [5, 5.41) is 0. The summed E-state index contributed by atoms with van der Waals surface area (Å²) in [5.41, 5.74) is -0.130. The maximum Gasteiger partial charge on any atom is 0.338 e. The average Bonchev–Trinajstić information content (AvgIpc) is 3.31. The molecule has 19 heteroatoms. The highest BCUT2D eigenvalue weighted by molar-refractivity contribution is 5.93. The normalized spacial score (nSPS) is 13.5. The molecule has 19 nitrogen and oxygen atoms in total. The smallest absolute Gasteiger partial charge is 0.338 e. The Morgan fingerprint density at radius 1 is 0.411 bits per heavy atom. The topological polar surface area (TPSA) is 246 Å². The van der Waals surface area contributed by atoms with E-state index in [1.54, 1.807) is 55.4 Å². The van der Waals surface area contributed by atoms with Gasteiger partial charge in [-0.05, 0) is 75.6 Å².